The van der Waals surface area contributed by atoms with Gasteiger partial charge in [0.2, 0.25) is 21.8 Å². The van der Waals surface area contributed by atoms with Gasteiger partial charge >= 0.3 is 0 Å². The van der Waals surface area contributed by atoms with E-state index in [9.17, 15) is 18.0 Å². The Morgan fingerprint density at radius 1 is 1.00 bits per heavy atom. The second kappa shape index (κ2) is 10.2. The molecule has 0 bridgehead atoms. The Hall–Kier alpha value is -2.87. The van der Waals surface area contributed by atoms with Crippen molar-refractivity contribution >= 4 is 27.5 Å². The summed E-state index contributed by atoms with van der Waals surface area (Å²) >= 11 is 0. The van der Waals surface area contributed by atoms with E-state index in [1.807, 2.05) is 52.0 Å². The maximum atomic E-state index is 13.4. The van der Waals surface area contributed by atoms with Crippen LogP contribution in [-0.2, 0) is 26.2 Å². The van der Waals surface area contributed by atoms with Crippen LogP contribution in [0.25, 0.3) is 0 Å². The Bertz CT molecular complexity index is 1050. The van der Waals surface area contributed by atoms with E-state index in [1.165, 1.54) is 4.90 Å². The van der Waals surface area contributed by atoms with E-state index in [2.05, 4.69) is 5.32 Å². The van der Waals surface area contributed by atoms with Crippen molar-refractivity contribution in [1.82, 2.24) is 10.2 Å². The van der Waals surface area contributed by atoms with Crippen molar-refractivity contribution in [1.29, 1.82) is 0 Å². The summed E-state index contributed by atoms with van der Waals surface area (Å²) in [6.07, 6.45) is 1.06. The van der Waals surface area contributed by atoms with Crippen molar-refractivity contribution in [3.8, 4) is 0 Å². The third-order valence-electron chi connectivity index (χ3n) is 4.99. The van der Waals surface area contributed by atoms with E-state index in [1.54, 1.807) is 37.3 Å². The fraction of sp³-hybridized carbons (Fsp3) is 0.417. The minimum absolute atomic E-state index is 0.191. The van der Waals surface area contributed by atoms with E-state index in [0.717, 1.165) is 21.7 Å². The highest BCUT2D eigenvalue weighted by atomic mass is 32.2. The van der Waals surface area contributed by atoms with Crippen molar-refractivity contribution in [2.75, 3.05) is 17.1 Å². The lowest BCUT2D eigenvalue weighted by Crippen LogP contribution is -2.54. The van der Waals surface area contributed by atoms with Gasteiger partial charge in [-0.2, -0.15) is 0 Å². The van der Waals surface area contributed by atoms with Gasteiger partial charge in [0.05, 0.1) is 11.9 Å². The number of anilines is 1. The molecule has 0 aliphatic heterocycles. The zero-order chi connectivity index (χ0) is 24.1. The number of aryl methyl sites for hydroxylation is 1. The van der Waals surface area contributed by atoms with Gasteiger partial charge < -0.3 is 10.2 Å². The van der Waals surface area contributed by atoms with Gasteiger partial charge in [-0.3, -0.25) is 13.9 Å². The molecule has 2 rings (SSSR count). The highest BCUT2D eigenvalue weighted by Gasteiger charge is 2.31. The number of amides is 2. The van der Waals surface area contributed by atoms with Crippen molar-refractivity contribution in [2.45, 2.75) is 52.7 Å². The van der Waals surface area contributed by atoms with Gasteiger partial charge in [0.1, 0.15) is 12.6 Å². The van der Waals surface area contributed by atoms with Gasteiger partial charge in [-0.15, -0.1) is 0 Å². The minimum Gasteiger partial charge on any atom is -0.350 e. The number of nitrogens with zero attached hydrogens (tertiary/aromatic N) is 2. The average molecular weight is 460 g/mol. The number of carbonyl (C=O) groups is 2. The lowest BCUT2D eigenvalue weighted by molar-refractivity contribution is -0.140. The molecule has 0 heterocycles. The molecule has 2 aromatic carbocycles. The molecule has 1 atom stereocenters. The molecule has 0 spiro atoms. The molecule has 8 heteroatoms. The van der Waals surface area contributed by atoms with Crippen LogP contribution in [0, 0.1) is 6.92 Å². The first kappa shape index (κ1) is 25.4. The average Bonchev–Trinajstić information content (AvgIpc) is 2.69. The third-order valence-corrected chi connectivity index (χ3v) is 6.13. The van der Waals surface area contributed by atoms with E-state index in [4.69, 9.17) is 0 Å². The first-order valence-electron chi connectivity index (χ1n) is 10.5. The molecular weight excluding hydrogens is 426 g/mol. The molecule has 0 fully saturated rings. The molecule has 0 saturated carbocycles. The van der Waals surface area contributed by atoms with Crippen LogP contribution in [0.1, 0.15) is 38.8 Å². The molecule has 0 unspecified atom stereocenters. The number of carbonyl (C=O) groups excluding carboxylic acids is 2. The van der Waals surface area contributed by atoms with E-state index in [-0.39, 0.29) is 12.5 Å². The maximum Gasteiger partial charge on any atom is 0.244 e. The highest BCUT2D eigenvalue weighted by molar-refractivity contribution is 7.92. The molecule has 7 nitrogen and oxygen atoms in total. The number of hydrogen-bond acceptors (Lipinski definition) is 4. The molecular formula is C24H33N3O4S. The summed E-state index contributed by atoms with van der Waals surface area (Å²) in [6.45, 7) is 8.98. The largest absolute Gasteiger partial charge is 0.350 e. The molecule has 0 radical (unpaired) electrons. The monoisotopic (exact) mass is 459 g/mol. The summed E-state index contributed by atoms with van der Waals surface area (Å²) in [5.41, 5.74) is 1.80. The van der Waals surface area contributed by atoms with Crippen LogP contribution in [-0.4, -0.2) is 49.5 Å². The SMILES string of the molecule is Cc1ccccc1CN(C(=O)CN(c1ccccc1)S(C)(=O)=O)[C@H](C)C(=O)NC(C)(C)C. The van der Waals surface area contributed by atoms with Crippen molar-refractivity contribution in [3.05, 3.63) is 65.7 Å². The number of hydrogen-bond donors (Lipinski definition) is 1. The molecule has 174 valence electrons. The van der Waals surface area contributed by atoms with Crippen molar-refractivity contribution in [2.24, 2.45) is 0 Å². The third kappa shape index (κ3) is 7.09. The standard InChI is InChI=1S/C24H33N3O4S/c1-18-12-10-11-13-20(18)16-26(19(2)23(29)25-24(3,4)5)22(28)17-27(32(6,30)31)21-14-8-7-9-15-21/h7-15,19H,16-17H2,1-6H3,(H,25,29)/t19-/m1/s1. The summed E-state index contributed by atoms with van der Waals surface area (Å²) in [5.74, 6) is -0.760. The zero-order valence-corrected chi connectivity index (χ0v) is 20.4. The van der Waals surface area contributed by atoms with Gasteiger partial charge in [-0.05, 0) is 57.9 Å². The van der Waals surface area contributed by atoms with Crippen LogP contribution in [0.5, 0.6) is 0 Å². The van der Waals surface area contributed by atoms with Crippen LogP contribution < -0.4 is 9.62 Å². The fourth-order valence-corrected chi connectivity index (χ4v) is 4.09. The predicted molar refractivity (Wildman–Crippen MR) is 128 cm³/mol. The van der Waals surface area contributed by atoms with Crippen molar-refractivity contribution < 1.29 is 18.0 Å². The van der Waals surface area contributed by atoms with Crippen LogP contribution in [0.15, 0.2) is 54.6 Å². The second-order valence-electron chi connectivity index (χ2n) is 8.97. The molecule has 2 aromatic rings. The highest BCUT2D eigenvalue weighted by Crippen LogP contribution is 2.19. The summed E-state index contributed by atoms with van der Waals surface area (Å²) in [7, 11) is -3.72. The summed E-state index contributed by atoms with van der Waals surface area (Å²) < 4.78 is 26.0. The number of nitrogens with one attached hydrogen (secondary N) is 1. The Kier molecular flexibility index (Phi) is 8.07. The van der Waals surface area contributed by atoms with Gasteiger partial charge in [-0.1, -0.05) is 42.5 Å². The Labute approximate surface area is 191 Å². The number of benzene rings is 2. The minimum atomic E-state index is -3.72. The van der Waals surface area contributed by atoms with Crippen LogP contribution >= 0.6 is 0 Å². The zero-order valence-electron chi connectivity index (χ0n) is 19.6. The second-order valence-corrected chi connectivity index (χ2v) is 10.9. The molecule has 0 saturated heterocycles. The lowest BCUT2D eigenvalue weighted by atomic mass is 10.1. The van der Waals surface area contributed by atoms with Gasteiger partial charge in [0.25, 0.3) is 0 Å². The predicted octanol–water partition coefficient (Wildman–Crippen LogP) is 3.09. The fourth-order valence-electron chi connectivity index (χ4n) is 3.24. The van der Waals surface area contributed by atoms with Crippen LogP contribution in [0.3, 0.4) is 0 Å². The van der Waals surface area contributed by atoms with E-state index in [0.29, 0.717) is 5.69 Å². The summed E-state index contributed by atoms with van der Waals surface area (Å²) in [4.78, 5) is 27.8. The number of rotatable bonds is 8. The number of para-hydroxylation sites is 1. The molecule has 0 aliphatic rings. The van der Waals surface area contributed by atoms with Gasteiger partial charge in [0.15, 0.2) is 0 Å². The lowest BCUT2D eigenvalue weighted by Gasteiger charge is -2.33. The van der Waals surface area contributed by atoms with Gasteiger partial charge in [0, 0.05) is 12.1 Å². The first-order valence-corrected chi connectivity index (χ1v) is 12.3. The normalized spacial score (nSPS) is 12.7. The van der Waals surface area contributed by atoms with Gasteiger partial charge in [-0.25, -0.2) is 8.42 Å². The van der Waals surface area contributed by atoms with E-state index < -0.39 is 34.1 Å². The molecule has 1 N–H and O–H groups in total. The van der Waals surface area contributed by atoms with E-state index >= 15 is 0 Å². The molecule has 2 amide bonds. The topological polar surface area (TPSA) is 86.8 Å². The van der Waals surface area contributed by atoms with Crippen molar-refractivity contribution in [3.63, 3.8) is 0 Å². The Morgan fingerprint density at radius 3 is 2.09 bits per heavy atom. The molecule has 0 aromatic heterocycles. The Morgan fingerprint density at radius 2 is 1.56 bits per heavy atom. The summed E-state index contributed by atoms with van der Waals surface area (Å²) in [6, 6.07) is 15.3. The van der Waals surface area contributed by atoms with Crippen LogP contribution in [0.4, 0.5) is 5.69 Å². The quantitative estimate of drug-likeness (QED) is 0.657. The van der Waals surface area contributed by atoms with Crippen LogP contribution in [0.2, 0.25) is 0 Å². The number of sulfonamides is 1. The smallest absolute Gasteiger partial charge is 0.244 e. The summed E-state index contributed by atoms with van der Waals surface area (Å²) in [5, 5.41) is 2.91. The molecule has 0 aliphatic carbocycles. The maximum absolute atomic E-state index is 13.4. The first-order chi connectivity index (χ1) is 14.8. The Balaban J connectivity index is 2.39. The molecule has 32 heavy (non-hydrogen) atoms.